The molecule has 0 aromatic heterocycles. The lowest BCUT2D eigenvalue weighted by molar-refractivity contribution is 0.274. The Morgan fingerprint density at radius 1 is 1.26 bits per heavy atom. The van der Waals surface area contributed by atoms with Gasteiger partial charge in [-0.25, -0.2) is 17.2 Å². The van der Waals surface area contributed by atoms with Crippen LogP contribution in [0.15, 0.2) is 23.2 Å². The van der Waals surface area contributed by atoms with E-state index in [-0.39, 0.29) is 5.75 Å². The van der Waals surface area contributed by atoms with Gasteiger partial charge < -0.3 is 10.2 Å². The molecule has 2 fully saturated rings. The number of benzene rings is 1. The molecule has 0 atom stereocenters. The Labute approximate surface area is 159 Å². The molecule has 2 aliphatic rings. The molecule has 1 aliphatic heterocycles. The van der Waals surface area contributed by atoms with Crippen LogP contribution in [-0.4, -0.2) is 56.5 Å². The minimum Gasteiger partial charge on any atom is -0.356 e. The topological polar surface area (TPSA) is 61.8 Å². The van der Waals surface area contributed by atoms with Crippen molar-refractivity contribution in [1.29, 1.82) is 0 Å². The molecular weight excluding hydrogens is 372 g/mol. The quantitative estimate of drug-likeness (QED) is 0.627. The molecule has 27 heavy (non-hydrogen) atoms. The molecule has 1 aromatic carbocycles. The zero-order chi connectivity index (χ0) is 19.5. The first kappa shape index (κ1) is 20.0. The molecule has 1 aliphatic carbocycles. The second-order valence-corrected chi connectivity index (χ2v) is 9.95. The van der Waals surface area contributed by atoms with Crippen LogP contribution in [0.25, 0.3) is 0 Å². The molecule has 1 saturated heterocycles. The Morgan fingerprint density at radius 3 is 2.70 bits per heavy atom. The van der Waals surface area contributed by atoms with Crippen molar-refractivity contribution in [2.75, 3.05) is 32.4 Å². The fourth-order valence-corrected chi connectivity index (χ4v) is 6.35. The summed E-state index contributed by atoms with van der Waals surface area (Å²) >= 11 is 0. The van der Waals surface area contributed by atoms with Crippen LogP contribution >= 0.6 is 0 Å². The number of hydrogen-bond donors (Lipinski definition) is 1. The van der Waals surface area contributed by atoms with E-state index in [1.54, 1.807) is 7.05 Å². The number of nitrogens with zero attached hydrogens (tertiary/aromatic N) is 2. The van der Waals surface area contributed by atoms with E-state index in [0.29, 0.717) is 50.4 Å². The van der Waals surface area contributed by atoms with Gasteiger partial charge >= 0.3 is 0 Å². The van der Waals surface area contributed by atoms with Gasteiger partial charge in [-0.05, 0) is 43.0 Å². The highest BCUT2D eigenvalue weighted by Crippen LogP contribution is 2.38. The standard InChI is InChI=1S/C19H27F2N3O2S/c1-22-18(23-10-7-15-13-16(20)5-6-17(15)21)24-11-12-27(25,26)19(14-24)8-3-2-4-9-19/h5-6,13H,2-4,7-12,14H2,1H3,(H,22,23). The molecule has 0 unspecified atom stereocenters. The first-order chi connectivity index (χ1) is 12.9. The maximum atomic E-state index is 13.8. The largest absolute Gasteiger partial charge is 0.356 e. The van der Waals surface area contributed by atoms with Gasteiger partial charge in [0.1, 0.15) is 11.6 Å². The number of sulfone groups is 1. The molecular formula is C19H27F2N3O2S. The van der Waals surface area contributed by atoms with Gasteiger partial charge in [-0.2, -0.15) is 0 Å². The second-order valence-electron chi connectivity index (χ2n) is 7.44. The predicted octanol–water partition coefficient (Wildman–Crippen LogP) is 2.52. The smallest absolute Gasteiger partial charge is 0.193 e. The third kappa shape index (κ3) is 4.25. The van der Waals surface area contributed by atoms with Gasteiger partial charge in [0.25, 0.3) is 0 Å². The van der Waals surface area contributed by atoms with Crippen LogP contribution < -0.4 is 5.32 Å². The van der Waals surface area contributed by atoms with E-state index in [2.05, 4.69) is 10.3 Å². The summed E-state index contributed by atoms with van der Waals surface area (Å²) in [6, 6.07) is 3.43. The van der Waals surface area contributed by atoms with E-state index in [1.165, 1.54) is 6.07 Å². The average Bonchev–Trinajstić information content (AvgIpc) is 2.65. The van der Waals surface area contributed by atoms with E-state index < -0.39 is 26.2 Å². The number of rotatable bonds is 3. The van der Waals surface area contributed by atoms with Crippen molar-refractivity contribution >= 4 is 15.8 Å². The predicted molar refractivity (Wildman–Crippen MR) is 103 cm³/mol. The fourth-order valence-electron chi connectivity index (χ4n) is 4.19. The van der Waals surface area contributed by atoms with Crippen molar-refractivity contribution in [2.24, 2.45) is 4.99 Å². The van der Waals surface area contributed by atoms with Crippen LogP contribution in [-0.2, 0) is 16.3 Å². The molecule has 1 saturated carbocycles. The van der Waals surface area contributed by atoms with Gasteiger partial charge in [-0.1, -0.05) is 19.3 Å². The number of aliphatic imine (C=N–C) groups is 1. The number of hydrogen-bond acceptors (Lipinski definition) is 3. The molecule has 1 N–H and O–H groups in total. The lowest BCUT2D eigenvalue weighted by Crippen LogP contribution is -2.60. The van der Waals surface area contributed by atoms with Gasteiger partial charge in [0.2, 0.25) is 0 Å². The Hall–Kier alpha value is -1.70. The maximum Gasteiger partial charge on any atom is 0.193 e. The lowest BCUT2D eigenvalue weighted by atomic mass is 9.87. The lowest BCUT2D eigenvalue weighted by Gasteiger charge is -2.45. The van der Waals surface area contributed by atoms with E-state index in [1.807, 2.05) is 4.90 Å². The third-order valence-corrected chi connectivity index (χ3v) is 8.31. The molecule has 1 heterocycles. The van der Waals surface area contributed by atoms with Crippen molar-refractivity contribution < 1.29 is 17.2 Å². The summed E-state index contributed by atoms with van der Waals surface area (Å²) in [5.41, 5.74) is 0.308. The van der Waals surface area contributed by atoms with E-state index in [4.69, 9.17) is 0 Å². The highest BCUT2D eigenvalue weighted by Gasteiger charge is 2.48. The molecule has 0 bridgehead atoms. The van der Waals surface area contributed by atoms with Crippen molar-refractivity contribution in [2.45, 2.75) is 43.3 Å². The van der Waals surface area contributed by atoms with E-state index in [0.717, 1.165) is 31.4 Å². The summed E-state index contributed by atoms with van der Waals surface area (Å²) in [6.45, 7) is 1.24. The Balaban J connectivity index is 1.64. The number of nitrogens with one attached hydrogen (secondary N) is 1. The SMILES string of the molecule is CN=C(NCCc1cc(F)ccc1F)N1CCS(=O)(=O)C2(CCCCC2)C1. The van der Waals surface area contributed by atoms with Crippen LogP contribution in [0.5, 0.6) is 0 Å². The normalized spacial score (nSPS) is 22.0. The summed E-state index contributed by atoms with van der Waals surface area (Å²) in [5, 5.41) is 3.18. The van der Waals surface area contributed by atoms with Crippen LogP contribution in [0, 0.1) is 11.6 Å². The minimum absolute atomic E-state index is 0.131. The first-order valence-electron chi connectivity index (χ1n) is 9.49. The first-order valence-corrected chi connectivity index (χ1v) is 11.1. The summed E-state index contributed by atoms with van der Waals surface area (Å²) in [7, 11) is -1.46. The maximum absolute atomic E-state index is 13.8. The molecule has 8 heteroatoms. The Morgan fingerprint density at radius 2 is 2.00 bits per heavy atom. The van der Waals surface area contributed by atoms with E-state index in [9.17, 15) is 17.2 Å². The highest BCUT2D eigenvalue weighted by molar-refractivity contribution is 7.92. The Bertz CT molecular complexity index is 805. The highest BCUT2D eigenvalue weighted by atomic mass is 32.2. The van der Waals surface area contributed by atoms with Crippen LogP contribution in [0.2, 0.25) is 0 Å². The van der Waals surface area contributed by atoms with Gasteiger partial charge in [0.05, 0.1) is 10.5 Å². The summed E-state index contributed by atoms with van der Waals surface area (Å²) in [4.78, 5) is 6.27. The van der Waals surface area contributed by atoms with Crippen LogP contribution in [0.3, 0.4) is 0 Å². The van der Waals surface area contributed by atoms with Gasteiger partial charge in [-0.3, -0.25) is 4.99 Å². The van der Waals surface area contributed by atoms with Crippen molar-refractivity contribution in [3.05, 3.63) is 35.4 Å². The fraction of sp³-hybridized carbons (Fsp3) is 0.632. The molecule has 0 radical (unpaired) electrons. The van der Waals surface area contributed by atoms with E-state index >= 15 is 0 Å². The zero-order valence-corrected chi connectivity index (χ0v) is 16.5. The van der Waals surface area contributed by atoms with Crippen molar-refractivity contribution in [3.8, 4) is 0 Å². The van der Waals surface area contributed by atoms with Crippen molar-refractivity contribution in [1.82, 2.24) is 10.2 Å². The summed E-state index contributed by atoms with van der Waals surface area (Å²) in [6.07, 6.45) is 4.70. The Kier molecular flexibility index (Phi) is 6.03. The summed E-state index contributed by atoms with van der Waals surface area (Å²) < 4.78 is 51.8. The zero-order valence-electron chi connectivity index (χ0n) is 15.7. The molecule has 150 valence electrons. The number of halogens is 2. The molecule has 1 spiro atoms. The summed E-state index contributed by atoms with van der Waals surface area (Å²) in [5.74, 6) is -0.145. The molecule has 3 rings (SSSR count). The minimum atomic E-state index is -3.11. The molecule has 0 amide bonds. The van der Waals surface area contributed by atoms with Crippen LogP contribution in [0.1, 0.15) is 37.7 Å². The second kappa shape index (κ2) is 8.12. The molecule has 5 nitrogen and oxygen atoms in total. The molecule has 1 aromatic rings. The van der Waals surface area contributed by atoms with Crippen LogP contribution in [0.4, 0.5) is 8.78 Å². The average molecular weight is 400 g/mol. The van der Waals surface area contributed by atoms with Crippen molar-refractivity contribution in [3.63, 3.8) is 0 Å². The van der Waals surface area contributed by atoms with Gasteiger partial charge in [0.15, 0.2) is 15.8 Å². The van der Waals surface area contributed by atoms with Gasteiger partial charge in [-0.15, -0.1) is 0 Å². The number of guanidine groups is 1. The third-order valence-electron chi connectivity index (χ3n) is 5.73. The monoisotopic (exact) mass is 399 g/mol. The van der Waals surface area contributed by atoms with Gasteiger partial charge in [0, 0.05) is 26.7 Å².